The number of benzene rings is 3. The van der Waals surface area contributed by atoms with Crippen LogP contribution in [0.1, 0.15) is 12.5 Å². The van der Waals surface area contributed by atoms with Crippen LogP contribution in [0.15, 0.2) is 97.1 Å². The monoisotopic (exact) mass is 400 g/mol. The quantitative estimate of drug-likeness (QED) is 0.590. The number of carbonyl (C=O) groups is 1. The van der Waals surface area contributed by atoms with Crippen molar-refractivity contribution in [3.63, 3.8) is 0 Å². The van der Waals surface area contributed by atoms with Gasteiger partial charge in [0.15, 0.2) is 0 Å². The summed E-state index contributed by atoms with van der Waals surface area (Å²) in [5, 5.41) is 4.56. The van der Waals surface area contributed by atoms with Crippen molar-refractivity contribution in [1.29, 1.82) is 0 Å². The van der Waals surface area contributed by atoms with Gasteiger partial charge in [-0.05, 0) is 41.8 Å². The summed E-state index contributed by atoms with van der Waals surface area (Å²) in [7, 11) is 0. The smallest absolute Gasteiger partial charge is 0.409 e. The molecule has 3 aromatic rings. The lowest BCUT2D eigenvalue weighted by molar-refractivity contribution is 0.0430. The van der Waals surface area contributed by atoms with Crippen molar-refractivity contribution in [2.24, 2.45) is 0 Å². The van der Waals surface area contributed by atoms with Gasteiger partial charge in [-0.15, -0.1) is 0 Å². The maximum absolute atomic E-state index is 12.3. The van der Waals surface area contributed by atoms with Crippen LogP contribution in [-0.2, 0) is 16.2 Å². The highest BCUT2D eigenvalue weighted by molar-refractivity contribution is 5.69. The van der Waals surface area contributed by atoms with E-state index in [0.717, 1.165) is 22.4 Å². The van der Waals surface area contributed by atoms with Crippen molar-refractivity contribution in [2.45, 2.75) is 25.8 Å². The number of rotatable bonds is 5. The third-order valence-electron chi connectivity index (χ3n) is 4.80. The SMILES string of the molecule is C[C@H]1C=C[C@@H](NC(=O)OCc2ccccc2)N(c2ccc(-c3ccccc3)cc2)O1. The van der Waals surface area contributed by atoms with Crippen molar-refractivity contribution < 1.29 is 14.4 Å². The standard InChI is InChI=1S/C25H24N2O3/c1-19-12-17-24(26-25(28)29-18-20-8-4-2-5-9-20)27(30-19)23-15-13-22(14-16-23)21-10-6-3-7-11-21/h2-17,19,24H,18H2,1H3,(H,26,28)/t19-,24-/m0/s1. The zero-order chi connectivity index (χ0) is 20.8. The molecule has 3 aromatic carbocycles. The number of hydrogen-bond acceptors (Lipinski definition) is 4. The Labute approximate surface area is 176 Å². The first-order chi connectivity index (χ1) is 14.7. The number of nitrogens with zero attached hydrogens (tertiary/aromatic N) is 1. The Morgan fingerprint density at radius 1 is 0.900 bits per heavy atom. The number of carbonyl (C=O) groups excluding carboxylic acids is 1. The van der Waals surface area contributed by atoms with Crippen LogP contribution in [0.2, 0.25) is 0 Å². The third kappa shape index (κ3) is 4.88. The number of ether oxygens (including phenoxy) is 1. The zero-order valence-corrected chi connectivity index (χ0v) is 16.8. The van der Waals surface area contributed by atoms with Gasteiger partial charge in [-0.2, -0.15) is 0 Å². The lowest BCUT2D eigenvalue weighted by Crippen LogP contribution is -2.50. The fraction of sp³-hybridized carbons (Fsp3) is 0.160. The van der Waals surface area contributed by atoms with E-state index in [-0.39, 0.29) is 12.7 Å². The van der Waals surface area contributed by atoms with Gasteiger partial charge in [0.1, 0.15) is 18.9 Å². The number of alkyl carbamates (subject to hydrolysis) is 1. The molecule has 4 rings (SSSR count). The Bertz CT molecular complexity index is 988. The fourth-order valence-electron chi connectivity index (χ4n) is 3.26. The molecule has 1 heterocycles. The summed E-state index contributed by atoms with van der Waals surface area (Å²) < 4.78 is 5.35. The van der Waals surface area contributed by atoms with Gasteiger partial charge in [-0.3, -0.25) is 10.2 Å². The van der Waals surface area contributed by atoms with Crippen molar-refractivity contribution >= 4 is 11.8 Å². The van der Waals surface area contributed by atoms with E-state index < -0.39 is 12.3 Å². The highest BCUT2D eigenvalue weighted by atomic mass is 16.7. The van der Waals surface area contributed by atoms with Crippen molar-refractivity contribution in [1.82, 2.24) is 5.32 Å². The number of anilines is 1. The molecule has 0 aliphatic carbocycles. The summed E-state index contributed by atoms with van der Waals surface area (Å²) >= 11 is 0. The lowest BCUT2D eigenvalue weighted by atomic mass is 10.1. The van der Waals surface area contributed by atoms with Crippen LogP contribution < -0.4 is 10.4 Å². The van der Waals surface area contributed by atoms with Crippen LogP contribution in [0.3, 0.4) is 0 Å². The predicted octanol–water partition coefficient (Wildman–Crippen LogP) is 5.30. The molecule has 0 bridgehead atoms. The number of amides is 1. The Morgan fingerprint density at radius 3 is 2.23 bits per heavy atom. The Balaban J connectivity index is 1.44. The molecule has 1 aliphatic heterocycles. The Hall–Kier alpha value is -3.57. The lowest BCUT2D eigenvalue weighted by Gasteiger charge is -2.35. The van der Waals surface area contributed by atoms with Crippen molar-refractivity contribution in [2.75, 3.05) is 5.06 Å². The molecule has 5 nitrogen and oxygen atoms in total. The van der Waals surface area contributed by atoms with E-state index in [1.54, 1.807) is 5.06 Å². The van der Waals surface area contributed by atoms with Crippen LogP contribution >= 0.6 is 0 Å². The van der Waals surface area contributed by atoms with Crippen LogP contribution in [-0.4, -0.2) is 18.4 Å². The molecular weight excluding hydrogens is 376 g/mol. The molecule has 5 heteroatoms. The van der Waals surface area contributed by atoms with Gasteiger partial charge in [0.05, 0.1) is 5.69 Å². The second-order valence-corrected chi connectivity index (χ2v) is 7.09. The van der Waals surface area contributed by atoms with Gasteiger partial charge in [-0.25, -0.2) is 9.86 Å². The van der Waals surface area contributed by atoms with Crippen LogP contribution in [0.25, 0.3) is 11.1 Å². The minimum Gasteiger partial charge on any atom is -0.445 e. The second kappa shape index (κ2) is 9.29. The molecule has 0 spiro atoms. The van der Waals surface area contributed by atoms with Gasteiger partial charge in [-0.1, -0.05) is 78.9 Å². The first-order valence-corrected chi connectivity index (χ1v) is 9.96. The molecule has 0 saturated carbocycles. The molecule has 0 radical (unpaired) electrons. The third-order valence-corrected chi connectivity index (χ3v) is 4.80. The molecule has 2 atom stereocenters. The highest BCUT2D eigenvalue weighted by Gasteiger charge is 2.25. The van der Waals surface area contributed by atoms with Crippen molar-refractivity contribution in [3.05, 3.63) is 103 Å². The molecule has 0 fully saturated rings. The van der Waals surface area contributed by atoms with Gasteiger partial charge >= 0.3 is 6.09 Å². The first kappa shape index (κ1) is 19.7. The topological polar surface area (TPSA) is 50.8 Å². The van der Waals surface area contributed by atoms with E-state index in [1.807, 2.05) is 91.9 Å². The maximum Gasteiger partial charge on any atom is 0.409 e. The minimum absolute atomic E-state index is 0.0998. The molecule has 1 amide bonds. The highest BCUT2D eigenvalue weighted by Crippen LogP contribution is 2.26. The summed E-state index contributed by atoms with van der Waals surface area (Å²) in [6.07, 6.45) is 2.75. The van der Waals surface area contributed by atoms with Gasteiger partial charge < -0.3 is 4.74 Å². The summed E-state index contributed by atoms with van der Waals surface area (Å²) in [4.78, 5) is 18.3. The van der Waals surface area contributed by atoms with Gasteiger partial charge in [0.2, 0.25) is 0 Å². The van der Waals surface area contributed by atoms with Crippen LogP contribution in [0, 0.1) is 0 Å². The minimum atomic E-state index is -0.502. The van der Waals surface area contributed by atoms with E-state index in [2.05, 4.69) is 17.4 Å². The fourth-order valence-corrected chi connectivity index (χ4v) is 3.26. The zero-order valence-electron chi connectivity index (χ0n) is 16.8. The number of hydrogen-bond donors (Lipinski definition) is 1. The maximum atomic E-state index is 12.3. The van der Waals surface area contributed by atoms with Gasteiger partial charge in [0, 0.05) is 0 Å². The average molecular weight is 400 g/mol. The van der Waals surface area contributed by atoms with E-state index in [1.165, 1.54) is 0 Å². The Kier molecular flexibility index (Phi) is 6.11. The molecule has 30 heavy (non-hydrogen) atoms. The average Bonchev–Trinajstić information content (AvgIpc) is 2.80. The molecule has 1 aliphatic rings. The summed E-state index contributed by atoms with van der Waals surface area (Å²) in [5.74, 6) is 0. The van der Waals surface area contributed by atoms with Crippen molar-refractivity contribution in [3.8, 4) is 11.1 Å². The van der Waals surface area contributed by atoms with Gasteiger partial charge in [0.25, 0.3) is 0 Å². The molecule has 0 aromatic heterocycles. The number of nitrogens with one attached hydrogen (secondary N) is 1. The summed E-state index contributed by atoms with van der Waals surface area (Å²) in [6, 6.07) is 27.8. The molecule has 0 saturated heterocycles. The largest absolute Gasteiger partial charge is 0.445 e. The number of hydroxylamine groups is 1. The summed E-state index contributed by atoms with van der Waals surface area (Å²) in [5.41, 5.74) is 4.05. The Morgan fingerprint density at radius 2 is 1.53 bits per heavy atom. The molecule has 1 N–H and O–H groups in total. The first-order valence-electron chi connectivity index (χ1n) is 9.96. The van der Waals surface area contributed by atoms with E-state index in [0.29, 0.717) is 0 Å². The molecule has 0 unspecified atom stereocenters. The molecule has 152 valence electrons. The van der Waals surface area contributed by atoms with E-state index >= 15 is 0 Å². The normalized spacial score (nSPS) is 18.1. The van der Waals surface area contributed by atoms with E-state index in [4.69, 9.17) is 9.57 Å². The second-order valence-electron chi connectivity index (χ2n) is 7.09. The predicted molar refractivity (Wildman–Crippen MR) is 118 cm³/mol. The van der Waals surface area contributed by atoms with Crippen LogP contribution in [0.4, 0.5) is 10.5 Å². The van der Waals surface area contributed by atoms with Crippen LogP contribution in [0.5, 0.6) is 0 Å². The molecular formula is C25H24N2O3. The van der Waals surface area contributed by atoms with E-state index in [9.17, 15) is 4.79 Å². The summed E-state index contributed by atoms with van der Waals surface area (Å²) in [6.45, 7) is 2.16.